The lowest BCUT2D eigenvalue weighted by molar-refractivity contribution is 0.814. The van der Waals surface area contributed by atoms with Gasteiger partial charge in [-0.1, -0.05) is 45.3 Å². The fourth-order valence-corrected chi connectivity index (χ4v) is 5.39. The summed E-state index contributed by atoms with van der Waals surface area (Å²) in [5, 5.41) is 0. The van der Waals surface area contributed by atoms with Crippen molar-refractivity contribution in [2.75, 3.05) is 0 Å². The van der Waals surface area contributed by atoms with Crippen LogP contribution in [0.3, 0.4) is 0 Å². The topological polar surface area (TPSA) is 0 Å². The van der Waals surface area contributed by atoms with E-state index in [1.807, 2.05) is 0 Å². The Morgan fingerprint density at radius 2 is 2.22 bits per heavy atom. The van der Waals surface area contributed by atoms with E-state index in [1.54, 1.807) is 6.04 Å². The second-order valence-corrected chi connectivity index (χ2v) is 9.30. The third-order valence-corrected chi connectivity index (χ3v) is 9.16. The highest BCUT2D eigenvalue weighted by Gasteiger charge is 2.35. The van der Waals surface area contributed by atoms with E-state index in [0.717, 1.165) is 5.54 Å². The first-order valence-electron chi connectivity index (χ1n) is 4.19. The van der Waals surface area contributed by atoms with E-state index in [4.69, 9.17) is 0 Å². The summed E-state index contributed by atoms with van der Waals surface area (Å²) in [5.74, 6) is 0. The fourth-order valence-electron chi connectivity index (χ4n) is 1.93. The number of hydrogen-bond acceptors (Lipinski definition) is 0. The molecule has 1 saturated heterocycles. The van der Waals surface area contributed by atoms with E-state index in [-0.39, 0.29) is 0 Å². The largest absolute Gasteiger partial charge is 0.0690 e. The van der Waals surface area contributed by atoms with Crippen LogP contribution < -0.4 is 0 Å². The maximum absolute atomic E-state index is 2.57. The molecule has 54 valence electrons. The molecule has 0 aliphatic carbocycles. The lowest BCUT2D eigenvalue weighted by Gasteiger charge is -2.24. The summed E-state index contributed by atoms with van der Waals surface area (Å²) in [7, 11) is -0.664. The van der Waals surface area contributed by atoms with Crippen LogP contribution >= 0.6 is 0 Å². The van der Waals surface area contributed by atoms with Gasteiger partial charge in [0.25, 0.3) is 0 Å². The van der Waals surface area contributed by atoms with Crippen LogP contribution in [0.25, 0.3) is 0 Å². The van der Waals surface area contributed by atoms with Gasteiger partial charge in [-0.25, -0.2) is 0 Å². The predicted octanol–water partition coefficient (Wildman–Crippen LogP) is 3.27. The Hall–Kier alpha value is 0.217. The van der Waals surface area contributed by atoms with Crippen LogP contribution in [0.15, 0.2) is 0 Å². The second-order valence-electron chi connectivity index (χ2n) is 3.80. The standard InChI is InChI=1S/C8H18Si/c1-4-9(3)7-5-6-8(9)2/h8H,4-7H2,1-3H3/t8-,9?/m1/s1. The van der Waals surface area contributed by atoms with Crippen LogP contribution in [0, 0.1) is 0 Å². The van der Waals surface area contributed by atoms with Gasteiger partial charge in [0.1, 0.15) is 0 Å². The van der Waals surface area contributed by atoms with Gasteiger partial charge in [0, 0.05) is 0 Å². The van der Waals surface area contributed by atoms with Crippen molar-refractivity contribution in [1.82, 2.24) is 0 Å². The van der Waals surface area contributed by atoms with Crippen LogP contribution in [-0.2, 0) is 0 Å². The van der Waals surface area contributed by atoms with Crippen molar-refractivity contribution in [1.29, 1.82) is 0 Å². The zero-order valence-corrected chi connectivity index (χ0v) is 7.91. The maximum atomic E-state index is 2.57. The molecule has 0 aromatic carbocycles. The highest BCUT2D eigenvalue weighted by atomic mass is 28.3. The SMILES string of the molecule is CC[Si]1(C)CCC[C@H]1C. The van der Waals surface area contributed by atoms with Crippen LogP contribution in [-0.4, -0.2) is 8.07 Å². The zero-order chi connectivity index (χ0) is 6.91. The molecule has 0 nitrogen and oxygen atoms in total. The molecule has 0 radical (unpaired) electrons. The highest BCUT2D eigenvalue weighted by molar-refractivity contribution is 6.80. The molecule has 1 fully saturated rings. The molecule has 0 spiro atoms. The van der Waals surface area contributed by atoms with Gasteiger partial charge in [0.2, 0.25) is 0 Å². The molecule has 0 bridgehead atoms. The average Bonchev–Trinajstić information content (AvgIpc) is 2.15. The third-order valence-electron chi connectivity index (χ3n) is 3.38. The first-order chi connectivity index (χ1) is 4.19. The molecular weight excluding hydrogens is 124 g/mol. The van der Waals surface area contributed by atoms with Crippen LogP contribution in [0.5, 0.6) is 0 Å². The lowest BCUT2D eigenvalue weighted by atomic mass is 10.3. The van der Waals surface area contributed by atoms with Crippen LogP contribution in [0.2, 0.25) is 24.2 Å². The Balaban J connectivity index is 2.56. The average molecular weight is 142 g/mol. The van der Waals surface area contributed by atoms with Gasteiger partial charge >= 0.3 is 0 Å². The van der Waals surface area contributed by atoms with Gasteiger partial charge in [-0.2, -0.15) is 0 Å². The van der Waals surface area contributed by atoms with E-state index < -0.39 is 8.07 Å². The smallest absolute Gasteiger partial charge is 0.0530 e. The fraction of sp³-hybridized carbons (Fsp3) is 1.00. The number of rotatable bonds is 1. The Bertz CT molecular complexity index is 101. The van der Waals surface area contributed by atoms with E-state index in [2.05, 4.69) is 20.4 Å². The third kappa shape index (κ3) is 1.21. The van der Waals surface area contributed by atoms with Gasteiger partial charge in [-0.3, -0.25) is 0 Å². The summed E-state index contributed by atoms with van der Waals surface area (Å²) < 4.78 is 0. The molecule has 0 aromatic rings. The summed E-state index contributed by atoms with van der Waals surface area (Å²) in [6.45, 7) is 7.42. The Morgan fingerprint density at radius 1 is 1.56 bits per heavy atom. The molecule has 1 aliphatic rings. The quantitative estimate of drug-likeness (QED) is 0.493. The van der Waals surface area contributed by atoms with E-state index in [9.17, 15) is 0 Å². The summed E-state index contributed by atoms with van der Waals surface area (Å²) in [6, 6.07) is 3.11. The van der Waals surface area contributed by atoms with Gasteiger partial charge in [-0.15, -0.1) is 0 Å². The zero-order valence-electron chi connectivity index (χ0n) is 6.91. The lowest BCUT2D eigenvalue weighted by Crippen LogP contribution is -2.28. The molecule has 2 atom stereocenters. The van der Waals surface area contributed by atoms with Gasteiger partial charge < -0.3 is 0 Å². The Labute approximate surface area is 59.7 Å². The Morgan fingerprint density at radius 3 is 2.44 bits per heavy atom. The number of hydrogen-bond donors (Lipinski definition) is 0. The molecular formula is C8H18Si. The summed E-state index contributed by atoms with van der Waals surface area (Å²) in [5.41, 5.74) is 1.11. The van der Waals surface area contributed by atoms with Gasteiger partial charge in [0.15, 0.2) is 0 Å². The van der Waals surface area contributed by atoms with E-state index in [0.29, 0.717) is 0 Å². The second kappa shape index (κ2) is 2.45. The van der Waals surface area contributed by atoms with Crippen molar-refractivity contribution in [2.45, 2.75) is 50.9 Å². The first kappa shape index (κ1) is 7.33. The normalized spacial score (nSPS) is 43.7. The van der Waals surface area contributed by atoms with E-state index >= 15 is 0 Å². The first-order valence-corrected chi connectivity index (χ1v) is 7.18. The minimum atomic E-state index is -0.664. The molecule has 9 heavy (non-hydrogen) atoms. The van der Waals surface area contributed by atoms with Crippen LogP contribution in [0.4, 0.5) is 0 Å². The molecule has 1 rings (SSSR count). The highest BCUT2D eigenvalue weighted by Crippen LogP contribution is 2.41. The minimum absolute atomic E-state index is 0.664. The van der Waals surface area contributed by atoms with Crippen molar-refractivity contribution >= 4 is 8.07 Å². The summed E-state index contributed by atoms with van der Waals surface area (Å²) in [4.78, 5) is 0. The van der Waals surface area contributed by atoms with E-state index in [1.165, 1.54) is 18.9 Å². The molecule has 1 unspecified atom stereocenters. The predicted molar refractivity (Wildman–Crippen MR) is 45.6 cm³/mol. The molecule has 0 saturated carbocycles. The van der Waals surface area contributed by atoms with Gasteiger partial charge in [0.05, 0.1) is 8.07 Å². The molecule has 1 heterocycles. The molecule has 0 amide bonds. The molecule has 0 aromatic heterocycles. The Kier molecular flexibility index (Phi) is 1.99. The van der Waals surface area contributed by atoms with Gasteiger partial charge in [-0.05, 0) is 5.54 Å². The summed E-state index contributed by atoms with van der Waals surface area (Å²) in [6.07, 6.45) is 3.05. The van der Waals surface area contributed by atoms with Crippen molar-refractivity contribution < 1.29 is 0 Å². The molecule has 0 N–H and O–H groups in total. The molecule has 1 heteroatoms. The van der Waals surface area contributed by atoms with Crippen molar-refractivity contribution in [3.63, 3.8) is 0 Å². The van der Waals surface area contributed by atoms with Crippen LogP contribution in [0.1, 0.15) is 26.7 Å². The monoisotopic (exact) mass is 142 g/mol. The van der Waals surface area contributed by atoms with Crippen molar-refractivity contribution in [3.8, 4) is 0 Å². The summed E-state index contributed by atoms with van der Waals surface area (Å²) >= 11 is 0. The minimum Gasteiger partial charge on any atom is -0.0690 e. The van der Waals surface area contributed by atoms with Crippen molar-refractivity contribution in [3.05, 3.63) is 0 Å². The molecule has 1 aliphatic heterocycles. The van der Waals surface area contributed by atoms with Crippen molar-refractivity contribution in [2.24, 2.45) is 0 Å². The maximum Gasteiger partial charge on any atom is 0.0530 e.